The third-order valence-corrected chi connectivity index (χ3v) is 5.44. The third-order valence-electron chi connectivity index (χ3n) is 4.50. The van der Waals surface area contributed by atoms with Crippen LogP contribution in [0.5, 0.6) is 5.75 Å². The van der Waals surface area contributed by atoms with Crippen molar-refractivity contribution in [2.75, 3.05) is 23.9 Å². The zero-order valence-electron chi connectivity index (χ0n) is 14.2. The van der Waals surface area contributed by atoms with E-state index in [-0.39, 0.29) is 5.91 Å². The normalized spacial score (nSPS) is 16.1. The second kappa shape index (κ2) is 6.37. The number of hydrogen-bond donors (Lipinski definition) is 1. The van der Waals surface area contributed by atoms with E-state index in [0.29, 0.717) is 17.7 Å². The van der Waals surface area contributed by atoms with Crippen LogP contribution in [0, 0.1) is 0 Å². The van der Waals surface area contributed by atoms with Gasteiger partial charge >= 0.3 is 0 Å². The van der Waals surface area contributed by atoms with E-state index in [4.69, 9.17) is 4.74 Å². The van der Waals surface area contributed by atoms with Crippen LogP contribution in [0.15, 0.2) is 42.5 Å². The van der Waals surface area contributed by atoms with Gasteiger partial charge in [-0.2, -0.15) is 0 Å². The number of aromatic nitrogens is 1. The molecular weight excluding hydrogens is 334 g/mol. The van der Waals surface area contributed by atoms with Crippen molar-refractivity contribution in [3.05, 3.63) is 48.0 Å². The molecule has 1 N–H and O–H groups in total. The maximum atomic E-state index is 12.5. The Morgan fingerprint density at radius 1 is 1.36 bits per heavy atom. The molecule has 2 heterocycles. The van der Waals surface area contributed by atoms with Gasteiger partial charge in [0.2, 0.25) is 5.91 Å². The Labute approximate surface area is 150 Å². The molecule has 0 aliphatic carbocycles. The summed E-state index contributed by atoms with van der Waals surface area (Å²) in [7, 11) is 1.64. The van der Waals surface area contributed by atoms with E-state index in [1.54, 1.807) is 7.11 Å². The fraction of sp³-hybridized carbons (Fsp3) is 0.263. The van der Waals surface area contributed by atoms with Crippen LogP contribution in [0.1, 0.15) is 12.5 Å². The Hall–Kier alpha value is -2.60. The van der Waals surface area contributed by atoms with Crippen molar-refractivity contribution in [3.8, 4) is 5.75 Å². The van der Waals surface area contributed by atoms with Crippen LogP contribution in [-0.2, 0) is 11.2 Å². The molecule has 128 valence electrons. The predicted octanol–water partition coefficient (Wildman–Crippen LogP) is 3.69. The van der Waals surface area contributed by atoms with E-state index >= 15 is 0 Å². The number of carbonyl (C=O) groups excluding carboxylic acids is 1. The van der Waals surface area contributed by atoms with Gasteiger partial charge in [0.25, 0.3) is 0 Å². The predicted molar refractivity (Wildman–Crippen MR) is 102 cm³/mol. The Morgan fingerprint density at radius 2 is 2.20 bits per heavy atom. The van der Waals surface area contributed by atoms with Crippen molar-refractivity contribution in [2.24, 2.45) is 0 Å². The minimum absolute atomic E-state index is 0.0467. The van der Waals surface area contributed by atoms with E-state index in [0.717, 1.165) is 28.1 Å². The first-order valence-corrected chi connectivity index (χ1v) is 9.04. The Bertz CT molecular complexity index is 937. The van der Waals surface area contributed by atoms with Crippen LogP contribution in [0.25, 0.3) is 10.2 Å². The second-order valence-electron chi connectivity index (χ2n) is 6.21. The molecule has 4 rings (SSSR count). The molecule has 1 aliphatic heterocycles. The van der Waals surface area contributed by atoms with Crippen molar-refractivity contribution in [1.82, 2.24) is 4.98 Å². The molecule has 2 aromatic carbocycles. The standard InChI is InChI=1S/C19H19N3O2S/c1-12-9-13-5-3-4-6-16(13)22(12)11-18(23)21-19-20-15-8-7-14(24-2)10-17(15)25-19/h3-8,10,12H,9,11H2,1-2H3,(H,20,21,23)/t12-/m0/s1. The molecule has 0 bridgehead atoms. The smallest absolute Gasteiger partial charge is 0.245 e. The maximum Gasteiger partial charge on any atom is 0.245 e. The summed E-state index contributed by atoms with van der Waals surface area (Å²) >= 11 is 1.46. The van der Waals surface area contributed by atoms with Gasteiger partial charge in [0.05, 0.1) is 23.9 Å². The van der Waals surface area contributed by atoms with Gasteiger partial charge in [-0.05, 0) is 43.2 Å². The second-order valence-corrected chi connectivity index (χ2v) is 7.24. The summed E-state index contributed by atoms with van der Waals surface area (Å²) in [5, 5.41) is 3.55. The molecule has 0 spiro atoms. The SMILES string of the molecule is COc1ccc2nc(NC(=O)CN3c4ccccc4C[C@@H]3C)sc2c1. The average Bonchev–Trinajstić information content (AvgIpc) is 3.14. The largest absolute Gasteiger partial charge is 0.497 e. The lowest BCUT2D eigenvalue weighted by Crippen LogP contribution is -2.37. The molecule has 0 saturated carbocycles. The maximum absolute atomic E-state index is 12.5. The molecule has 1 aromatic heterocycles. The quantitative estimate of drug-likeness (QED) is 0.777. The minimum atomic E-state index is -0.0467. The first-order chi connectivity index (χ1) is 12.1. The number of thiazole rings is 1. The number of methoxy groups -OCH3 is 1. The van der Waals surface area contributed by atoms with Gasteiger partial charge in [0.15, 0.2) is 5.13 Å². The van der Waals surface area contributed by atoms with Crippen LogP contribution in [0.4, 0.5) is 10.8 Å². The number of nitrogens with zero attached hydrogens (tertiary/aromatic N) is 2. The monoisotopic (exact) mass is 353 g/mol. The van der Waals surface area contributed by atoms with Crippen LogP contribution < -0.4 is 15.0 Å². The highest BCUT2D eigenvalue weighted by Crippen LogP contribution is 2.32. The van der Waals surface area contributed by atoms with Crippen molar-refractivity contribution in [1.29, 1.82) is 0 Å². The average molecular weight is 353 g/mol. The number of ether oxygens (including phenoxy) is 1. The fourth-order valence-corrected chi connectivity index (χ4v) is 4.18. The summed E-state index contributed by atoms with van der Waals surface area (Å²) in [6, 6.07) is 14.3. The zero-order chi connectivity index (χ0) is 17.4. The van der Waals surface area contributed by atoms with Gasteiger partial charge in [-0.15, -0.1) is 0 Å². The Balaban J connectivity index is 1.49. The molecule has 0 fully saturated rings. The summed E-state index contributed by atoms with van der Waals surface area (Å²) < 4.78 is 6.23. The van der Waals surface area contributed by atoms with E-state index in [1.165, 1.54) is 16.9 Å². The number of hydrogen-bond acceptors (Lipinski definition) is 5. The van der Waals surface area contributed by atoms with Gasteiger partial charge < -0.3 is 15.0 Å². The zero-order valence-corrected chi connectivity index (χ0v) is 15.0. The number of amides is 1. The lowest BCUT2D eigenvalue weighted by molar-refractivity contribution is -0.115. The molecule has 25 heavy (non-hydrogen) atoms. The highest BCUT2D eigenvalue weighted by Gasteiger charge is 2.27. The van der Waals surface area contributed by atoms with Crippen molar-refractivity contribution in [2.45, 2.75) is 19.4 Å². The molecule has 3 aromatic rings. The van der Waals surface area contributed by atoms with Crippen LogP contribution >= 0.6 is 11.3 Å². The fourth-order valence-electron chi connectivity index (χ4n) is 3.27. The first-order valence-electron chi connectivity index (χ1n) is 8.23. The van der Waals surface area contributed by atoms with Gasteiger partial charge in [0, 0.05) is 11.7 Å². The summed E-state index contributed by atoms with van der Waals surface area (Å²) in [4.78, 5) is 19.1. The number of benzene rings is 2. The lowest BCUT2D eigenvalue weighted by atomic mass is 10.1. The summed E-state index contributed by atoms with van der Waals surface area (Å²) in [5.41, 5.74) is 3.31. The van der Waals surface area contributed by atoms with E-state index in [2.05, 4.69) is 34.3 Å². The number of para-hydroxylation sites is 1. The van der Waals surface area contributed by atoms with Gasteiger partial charge in [-0.3, -0.25) is 4.79 Å². The number of carbonyl (C=O) groups is 1. The van der Waals surface area contributed by atoms with E-state index < -0.39 is 0 Å². The highest BCUT2D eigenvalue weighted by atomic mass is 32.1. The van der Waals surface area contributed by atoms with E-state index in [9.17, 15) is 4.79 Å². The first kappa shape index (κ1) is 15.9. The molecule has 1 amide bonds. The summed E-state index contributed by atoms with van der Waals surface area (Å²) in [6.45, 7) is 2.48. The molecule has 5 nitrogen and oxygen atoms in total. The number of fused-ring (bicyclic) bond motifs is 2. The van der Waals surface area contributed by atoms with Crippen molar-refractivity contribution >= 4 is 38.3 Å². The van der Waals surface area contributed by atoms with Gasteiger partial charge in [-0.1, -0.05) is 29.5 Å². The molecule has 0 saturated heterocycles. The topological polar surface area (TPSA) is 54.5 Å². The molecule has 6 heteroatoms. The number of rotatable bonds is 4. The van der Waals surface area contributed by atoms with Crippen molar-refractivity contribution < 1.29 is 9.53 Å². The molecule has 1 atom stereocenters. The Morgan fingerprint density at radius 3 is 3.04 bits per heavy atom. The Kier molecular flexibility index (Phi) is 4.05. The summed E-state index contributed by atoms with van der Waals surface area (Å²) in [5.74, 6) is 0.742. The minimum Gasteiger partial charge on any atom is -0.497 e. The third kappa shape index (κ3) is 3.05. The summed E-state index contributed by atoms with van der Waals surface area (Å²) in [6.07, 6.45) is 0.977. The lowest BCUT2D eigenvalue weighted by Gasteiger charge is -2.23. The van der Waals surface area contributed by atoms with Crippen LogP contribution in [-0.4, -0.2) is 30.6 Å². The van der Waals surface area contributed by atoms with Gasteiger partial charge in [0.1, 0.15) is 5.75 Å². The van der Waals surface area contributed by atoms with Crippen LogP contribution in [0.2, 0.25) is 0 Å². The molecule has 1 aliphatic rings. The molecular formula is C19H19N3O2S. The van der Waals surface area contributed by atoms with Gasteiger partial charge in [-0.25, -0.2) is 4.98 Å². The number of anilines is 2. The number of nitrogens with one attached hydrogen (secondary N) is 1. The highest BCUT2D eigenvalue weighted by molar-refractivity contribution is 7.22. The molecule has 0 radical (unpaired) electrons. The van der Waals surface area contributed by atoms with Crippen molar-refractivity contribution in [3.63, 3.8) is 0 Å². The van der Waals surface area contributed by atoms with E-state index in [1.807, 2.05) is 30.3 Å². The van der Waals surface area contributed by atoms with Crippen LogP contribution in [0.3, 0.4) is 0 Å². The molecule has 0 unspecified atom stereocenters.